The summed E-state index contributed by atoms with van der Waals surface area (Å²) in [5, 5.41) is 5.15. The molecule has 0 aliphatic heterocycles. The molecule has 4 N–H and O–H groups in total. The molecule has 0 saturated carbocycles. The van der Waals surface area contributed by atoms with Gasteiger partial charge < -0.3 is 20.9 Å². The third-order valence-electron chi connectivity index (χ3n) is 2.59. The van der Waals surface area contributed by atoms with Crippen molar-refractivity contribution in [1.29, 1.82) is 0 Å². The van der Waals surface area contributed by atoms with Gasteiger partial charge in [-0.15, -0.1) is 0 Å². The van der Waals surface area contributed by atoms with Gasteiger partial charge in [0.1, 0.15) is 0 Å². The number of carbonyl (C=O) groups is 2. The molecule has 20 heavy (non-hydrogen) atoms. The number of anilines is 1. The summed E-state index contributed by atoms with van der Waals surface area (Å²) in [4.78, 5) is 26.7. The first kappa shape index (κ1) is 13.8. The number of nitrogens with two attached hydrogens (primary N) is 1. The van der Waals surface area contributed by atoms with E-state index in [1.165, 1.54) is 0 Å². The zero-order valence-electron chi connectivity index (χ0n) is 10.7. The minimum atomic E-state index is -0.372. The van der Waals surface area contributed by atoms with Gasteiger partial charge in [-0.3, -0.25) is 9.59 Å². The Hall–Kier alpha value is -2.67. The first-order valence-electron chi connectivity index (χ1n) is 6.04. The van der Waals surface area contributed by atoms with E-state index in [9.17, 15) is 9.59 Å². The third-order valence-corrected chi connectivity index (χ3v) is 2.59. The van der Waals surface area contributed by atoms with Crippen LogP contribution in [-0.2, 0) is 9.59 Å². The molecule has 1 aromatic carbocycles. The summed E-state index contributed by atoms with van der Waals surface area (Å²) < 4.78 is 1.79. The van der Waals surface area contributed by atoms with Gasteiger partial charge in [0.15, 0.2) is 0 Å². The number of para-hydroxylation sites is 2. The second kappa shape index (κ2) is 6.48. The molecule has 0 atom stereocenters. The number of nitrogens with one attached hydrogen (secondary N) is 2. The molecule has 2 rings (SSSR count). The van der Waals surface area contributed by atoms with E-state index in [4.69, 9.17) is 5.73 Å². The number of aromatic nitrogens is 2. The van der Waals surface area contributed by atoms with Crippen molar-refractivity contribution < 1.29 is 9.59 Å². The Morgan fingerprint density at radius 2 is 2.05 bits per heavy atom. The van der Waals surface area contributed by atoms with Crippen LogP contribution < -0.4 is 16.4 Å². The van der Waals surface area contributed by atoms with Crippen LogP contribution in [0.1, 0.15) is 0 Å². The van der Waals surface area contributed by atoms with Gasteiger partial charge in [-0.05, 0) is 12.1 Å². The largest absolute Gasteiger partial charge is 0.346 e. The average Bonchev–Trinajstić information content (AvgIpc) is 2.99. The Morgan fingerprint density at radius 1 is 1.25 bits per heavy atom. The van der Waals surface area contributed by atoms with Gasteiger partial charge in [0.2, 0.25) is 11.8 Å². The fourth-order valence-electron chi connectivity index (χ4n) is 1.65. The maximum Gasteiger partial charge on any atom is 0.243 e. The second-order valence-corrected chi connectivity index (χ2v) is 4.02. The number of benzene rings is 1. The van der Waals surface area contributed by atoms with E-state index >= 15 is 0 Å². The van der Waals surface area contributed by atoms with Gasteiger partial charge >= 0.3 is 0 Å². The molecule has 0 saturated heterocycles. The van der Waals surface area contributed by atoms with E-state index in [1.807, 2.05) is 18.2 Å². The van der Waals surface area contributed by atoms with Crippen molar-refractivity contribution in [3.05, 3.63) is 43.0 Å². The molecule has 0 fully saturated rings. The van der Waals surface area contributed by atoms with Gasteiger partial charge in [0.25, 0.3) is 0 Å². The van der Waals surface area contributed by atoms with Crippen LogP contribution in [-0.4, -0.2) is 34.5 Å². The normalized spacial score (nSPS) is 10.1. The van der Waals surface area contributed by atoms with Crippen LogP contribution in [0.25, 0.3) is 5.69 Å². The lowest BCUT2D eigenvalue weighted by Gasteiger charge is -2.11. The summed E-state index contributed by atoms with van der Waals surface area (Å²) in [6.45, 7) is -0.257. The molecule has 1 heterocycles. The molecule has 0 bridgehead atoms. The van der Waals surface area contributed by atoms with Gasteiger partial charge in [0, 0.05) is 12.4 Å². The Balaban J connectivity index is 2.06. The molecule has 104 valence electrons. The van der Waals surface area contributed by atoms with Crippen molar-refractivity contribution in [1.82, 2.24) is 14.9 Å². The number of hydrogen-bond acceptors (Lipinski definition) is 4. The molecular formula is C13H15N5O2. The van der Waals surface area contributed by atoms with Crippen LogP contribution in [0.4, 0.5) is 5.69 Å². The molecule has 0 unspecified atom stereocenters. The van der Waals surface area contributed by atoms with Crippen LogP contribution in [0.2, 0.25) is 0 Å². The smallest absolute Gasteiger partial charge is 0.243 e. The van der Waals surface area contributed by atoms with Crippen LogP contribution in [0.3, 0.4) is 0 Å². The predicted octanol–water partition coefficient (Wildman–Crippen LogP) is -0.114. The van der Waals surface area contributed by atoms with Gasteiger partial charge in [0.05, 0.1) is 30.8 Å². The van der Waals surface area contributed by atoms with E-state index in [-0.39, 0.29) is 24.9 Å². The molecule has 7 nitrogen and oxygen atoms in total. The van der Waals surface area contributed by atoms with Crippen molar-refractivity contribution in [2.45, 2.75) is 0 Å². The molecule has 0 spiro atoms. The standard InChI is InChI=1S/C13H15N5O2/c14-7-12(19)16-8-13(20)17-10-3-1-2-4-11(10)18-6-5-15-9-18/h1-6,9H,7-8,14H2,(H,16,19)(H,17,20). The lowest BCUT2D eigenvalue weighted by atomic mass is 10.2. The van der Waals surface area contributed by atoms with Crippen molar-refractivity contribution in [2.24, 2.45) is 5.73 Å². The zero-order chi connectivity index (χ0) is 14.4. The summed E-state index contributed by atoms with van der Waals surface area (Å²) in [7, 11) is 0. The number of nitrogens with zero attached hydrogens (tertiary/aromatic N) is 2. The number of imidazole rings is 1. The van der Waals surface area contributed by atoms with E-state index in [1.54, 1.807) is 29.4 Å². The Kier molecular flexibility index (Phi) is 4.46. The molecule has 1 aromatic heterocycles. The Labute approximate surface area is 115 Å². The lowest BCUT2D eigenvalue weighted by molar-refractivity contribution is -0.123. The zero-order valence-corrected chi connectivity index (χ0v) is 10.7. The fourth-order valence-corrected chi connectivity index (χ4v) is 1.65. The summed E-state index contributed by atoms with van der Waals surface area (Å²) in [5.74, 6) is -0.692. The molecule has 2 aromatic rings. The molecular weight excluding hydrogens is 258 g/mol. The molecule has 2 amide bonds. The summed E-state index contributed by atoms with van der Waals surface area (Å²) in [6, 6.07) is 7.31. The second-order valence-electron chi connectivity index (χ2n) is 4.02. The summed E-state index contributed by atoms with van der Waals surface area (Å²) in [5.41, 5.74) is 6.58. The predicted molar refractivity (Wildman–Crippen MR) is 74.3 cm³/mol. The van der Waals surface area contributed by atoms with E-state index in [2.05, 4.69) is 15.6 Å². The quantitative estimate of drug-likeness (QED) is 0.707. The molecule has 0 aliphatic rings. The highest BCUT2D eigenvalue weighted by Crippen LogP contribution is 2.19. The van der Waals surface area contributed by atoms with Gasteiger partial charge in [-0.25, -0.2) is 4.98 Å². The molecule has 7 heteroatoms. The van der Waals surface area contributed by atoms with Gasteiger partial charge in [-0.2, -0.15) is 0 Å². The minimum Gasteiger partial charge on any atom is -0.346 e. The van der Waals surface area contributed by atoms with Crippen LogP contribution in [0.15, 0.2) is 43.0 Å². The highest BCUT2D eigenvalue weighted by molar-refractivity contribution is 5.96. The molecule has 0 aliphatic carbocycles. The number of carbonyl (C=O) groups excluding carboxylic acids is 2. The maximum atomic E-state index is 11.8. The van der Waals surface area contributed by atoms with Gasteiger partial charge in [-0.1, -0.05) is 12.1 Å². The van der Waals surface area contributed by atoms with Crippen LogP contribution >= 0.6 is 0 Å². The fraction of sp³-hybridized carbons (Fsp3) is 0.154. The van der Waals surface area contributed by atoms with Crippen LogP contribution in [0.5, 0.6) is 0 Å². The van der Waals surface area contributed by atoms with E-state index < -0.39 is 0 Å². The van der Waals surface area contributed by atoms with Crippen molar-refractivity contribution in [3.63, 3.8) is 0 Å². The summed E-state index contributed by atoms with van der Waals surface area (Å²) >= 11 is 0. The summed E-state index contributed by atoms with van der Waals surface area (Å²) in [6.07, 6.45) is 5.07. The monoisotopic (exact) mass is 273 g/mol. The minimum absolute atomic E-state index is 0.117. The van der Waals surface area contributed by atoms with Crippen molar-refractivity contribution in [2.75, 3.05) is 18.4 Å². The number of amides is 2. The number of rotatable bonds is 5. The highest BCUT2D eigenvalue weighted by Gasteiger charge is 2.08. The Bertz CT molecular complexity index is 595. The number of hydrogen-bond donors (Lipinski definition) is 3. The lowest BCUT2D eigenvalue weighted by Crippen LogP contribution is -2.36. The topological polar surface area (TPSA) is 102 Å². The highest BCUT2D eigenvalue weighted by atomic mass is 16.2. The van der Waals surface area contributed by atoms with Crippen molar-refractivity contribution in [3.8, 4) is 5.69 Å². The van der Waals surface area contributed by atoms with Crippen LogP contribution in [0, 0.1) is 0 Å². The maximum absolute atomic E-state index is 11.8. The molecule has 0 radical (unpaired) electrons. The average molecular weight is 273 g/mol. The third kappa shape index (κ3) is 3.42. The van der Waals surface area contributed by atoms with E-state index in [0.717, 1.165) is 5.69 Å². The first-order chi connectivity index (χ1) is 9.70. The SMILES string of the molecule is NCC(=O)NCC(=O)Nc1ccccc1-n1ccnc1. The Morgan fingerprint density at radius 3 is 2.75 bits per heavy atom. The van der Waals surface area contributed by atoms with E-state index in [0.29, 0.717) is 5.69 Å². The first-order valence-corrected chi connectivity index (χ1v) is 6.04. The van der Waals surface area contributed by atoms with Crippen molar-refractivity contribution >= 4 is 17.5 Å².